The molecular weight excluding hydrogens is 560 g/mol. The number of likely N-dealkylation sites (N-methyl/N-ethyl adjacent to an activating group) is 1. The molecular formula is C34H52N4O4S. The molecule has 1 fully saturated rings. The molecule has 4 atom stereocenters. The van der Waals surface area contributed by atoms with Crippen LogP contribution in [0.3, 0.4) is 0 Å². The molecule has 238 valence electrons. The molecule has 2 aromatic rings. The maximum absolute atomic E-state index is 14.0. The van der Waals surface area contributed by atoms with Crippen molar-refractivity contribution in [2.24, 2.45) is 17.8 Å². The molecule has 1 saturated carbocycles. The number of aliphatic hydroxyl groups is 1. The first-order chi connectivity index (χ1) is 20.5. The normalized spacial score (nSPS) is 16.7. The van der Waals surface area contributed by atoms with Crippen molar-refractivity contribution in [3.05, 3.63) is 52.5 Å². The Balaban J connectivity index is 1.83. The highest BCUT2D eigenvalue weighted by Gasteiger charge is 2.33. The fraction of sp³-hybridized carbons (Fsp3) is 0.647. The van der Waals surface area contributed by atoms with E-state index in [2.05, 4.69) is 24.1 Å². The Labute approximate surface area is 262 Å². The zero-order valence-corrected chi connectivity index (χ0v) is 27.5. The average Bonchev–Trinajstić information content (AvgIpc) is 3.51. The topological polar surface area (TPSA) is 103 Å². The SMILES string of the molecule is CC(C)CCC(O)C(CC1CCCCC1)NC(=O)C(CC(=O)N(CC(=O)N(C)C)C(C)c1ccccc1)Cc1cscn1. The van der Waals surface area contributed by atoms with Crippen LogP contribution in [-0.4, -0.2) is 70.4 Å². The number of aliphatic hydroxyl groups excluding tert-OH is 1. The zero-order chi connectivity index (χ0) is 31.4. The summed E-state index contributed by atoms with van der Waals surface area (Å²) in [7, 11) is 3.35. The van der Waals surface area contributed by atoms with Gasteiger partial charge >= 0.3 is 0 Å². The van der Waals surface area contributed by atoms with Crippen molar-refractivity contribution in [1.29, 1.82) is 0 Å². The molecule has 1 aromatic carbocycles. The molecule has 9 heteroatoms. The van der Waals surface area contributed by atoms with Gasteiger partial charge in [0.15, 0.2) is 0 Å². The van der Waals surface area contributed by atoms with Crippen LogP contribution in [0.1, 0.15) is 95.9 Å². The first kappa shape index (κ1) is 34.7. The van der Waals surface area contributed by atoms with E-state index in [0.717, 1.165) is 36.9 Å². The number of aromatic nitrogens is 1. The number of hydrogen-bond acceptors (Lipinski definition) is 6. The average molecular weight is 613 g/mol. The van der Waals surface area contributed by atoms with E-state index >= 15 is 0 Å². The van der Waals surface area contributed by atoms with Crippen LogP contribution in [0.2, 0.25) is 0 Å². The van der Waals surface area contributed by atoms with Crippen molar-refractivity contribution in [3.63, 3.8) is 0 Å². The molecule has 0 spiro atoms. The highest BCUT2D eigenvalue weighted by molar-refractivity contribution is 7.07. The minimum Gasteiger partial charge on any atom is -0.391 e. The number of thiazole rings is 1. The Morgan fingerprint density at radius 2 is 1.72 bits per heavy atom. The summed E-state index contributed by atoms with van der Waals surface area (Å²) in [6.45, 7) is 6.11. The number of carbonyl (C=O) groups excluding carboxylic acids is 3. The minimum atomic E-state index is -0.680. The summed E-state index contributed by atoms with van der Waals surface area (Å²) in [6, 6.07) is 8.92. The second kappa shape index (κ2) is 17.5. The largest absolute Gasteiger partial charge is 0.391 e. The van der Waals surface area contributed by atoms with Crippen molar-refractivity contribution in [2.45, 2.75) is 103 Å². The molecule has 0 aliphatic heterocycles. The molecule has 0 bridgehead atoms. The third-order valence-electron chi connectivity index (χ3n) is 8.75. The van der Waals surface area contributed by atoms with Gasteiger partial charge < -0.3 is 20.2 Å². The Bertz CT molecular complexity index is 1120. The van der Waals surface area contributed by atoms with E-state index in [4.69, 9.17) is 0 Å². The Morgan fingerprint density at radius 3 is 2.33 bits per heavy atom. The van der Waals surface area contributed by atoms with E-state index in [1.807, 2.05) is 42.6 Å². The van der Waals surface area contributed by atoms with Crippen LogP contribution in [0, 0.1) is 17.8 Å². The van der Waals surface area contributed by atoms with Gasteiger partial charge in [-0.15, -0.1) is 11.3 Å². The minimum absolute atomic E-state index is 0.0561. The number of hydrogen-bond donors (Lipinski definition) is 2. The molecule has 1 heterocycles. The van der Waals surface area contributed by atoms with Crippen molar-refractivity contribution in [1.82, 2.24) is 20.1 Å². The summed E-state index contributed by atoms with van der Waals surface area (Å²) in [5, 5.41) is 16.4. The van der Waals surface area contributed by atoms with Crippen LogP contribution >= 0.6 is 11.3 Å². The number of nitrogens with zero attached hydrogens (tertiary/aromatic N) is 3. The summed E-state index contributed by atoms with van der Waals surface area (Å²) in [5.74, 6) is -0.426. The van der Waals surface area contributed by atoms with Gasteiger partial charge in [-0.1, -0.05) is 76.3 Å². The van der Waals surface area contributed by atoms with E-state index in [0.29, 0.717) is 24.7 Å². The predicted octanol–water partition coefficient (Wildman–Crippen LogP) is 5.62. The van der Waals surface area contributed by atoms with E-state index in [1.165, 1.54) is 35.5 Å². The zero-order valence-electron chi connectivity index (χ0n) is 26.7. The molecule has 0 radical (unpaired) electrons. The van der Waals surface area contributed by atoms with Crippen molar-refractivity contribution < 1.29 is 19.5 Å². The van der Waals surface area contributed by atoms with E-state index in [-0.39, 0.29) is 42.8 Å². The van der Waals surface area contributed by atoms with E-state index in [9.17, 15) is 19.5 Å². The maximum atomic E-state index is 14.0. The first-order valence-corrected chi connectivity index (χ1v) is 16.9. The lowest BCUT2D eigenvalue weighted by Gasteiger charge is -2.33. The lowest BCUT2D eigenvalue weighted by atomic mass is 9.82. The number of carbonyl (C=O) groups is 3. The van der Waals surface area contributed by atoms with Gasteiger partial charge in [-0.25, -0.2) is 4.98 Å². The number of nitrogens with one attached hydrogen (secondary N) is 1. The number of amides is 3. The summed E-state index contributed by atoms with van der Waals surface area (Å²) in [5.41, 5.74) is 3.41. The molecule has 43 heavy (non-hydrogen) atoms. The van der Waals surface area contributed by atoms with Crippen molar-refractivity contribution in [3.8, 4) is 0 Å². The summed E-state index contributed by atoms with van der Waals surface area (Å²) in [4.78, 5) is 48.2. The Hall–Kier alpha value is -2.78. The Kier molecular flexibility index (Phi) is 14.1. The third kappa shape index (κ3) is 11.3. The van der Waals surface area contributed by atoms with Gasteiger partial charge in [-0.2, -0.15) is 0 Å². The number of benzene rings is 1. The van der Waals surface area contributed by atoms with Gasteiger partial charge in [0.05, 0.1) is 35.3 Å². The number of rotatable bonds is 16. The summed E-state index contributed by atoms with van der Waals surface area (Å²) < 4.78 is 0. The summed E-state index contributed by atoms with van der Waals surface area (Å²) in [6.07, 6.45) is 7.74. The smallest absolute Gasteiger partial charge is 0.241 e. The molecule has 3 rings (SSSR count). The fourth-order valence-corrected chi connectivity index (χ4v) is 6.49. The highest BCUT2D eigenvalue weighted by atomic mass is 32.1. The van der Waals surface area contributed by atoms with Crippen molar-refractivity contribution in [2.75, 3.05) is 20.6 Å². The predicted molar refractivity (Wildman–Crippen MR) is 172 cm³/mol. The van der Waals surface area contributed by atoms with E-state index < -0.39 is 12.0 Å². The second-order valence-electron chi connectivity index (χ2n) is 12.9. The van der Waals surface area contributed by atoms with Crippen LogP contribution < -0.4 is 5.32 Å². The standard InChI is InChI=1S/C34H52N4O4S/c1-24(2)16-17-31(39)30(18-26-12-8-6-9-13-26)36-34(42)28(19-29-22-43-23-35-29)20-32(40)38(21-33(41)37(4)5)25(3)27-14-10-7-11-15-27/h7,10-11,14-15,22-26,28,30-31,39H,6,8-9,12-13,16-21H2,1-5H3,(H,36,42). The summed E-state index contributed by atoms with van der Waals surface area (Å²) >= 11 is 1.46. The molecule has 3 amide bonds. The van der Waals surface area contributed by atoms with Crippen LogP contribution in [0.5, 0.6) is 0 Å². The van der Waals surface area contributed by atoms with Crippen LogP contribution in [0.15, 0.2) is 41.2 Å². The van der Waals surface area contributed by atoms with Gasteiger partial charge in [0, 0.05) is 32.3 Å². The maximum Gasteiger partial charge on any atom is 0.241 e. The molecule has 2 N–H and O–H groups in total. The van der Waals surface area contributed by atoms with Crippen LogP contribution in [0.25, 0.3) is 0 Å². The quantitative estimate of drug-likeness (QED) is 0.256. The van der Waals surface area contributed by atoms with E-state index in [1.54, 1.807) is 24.5 Å². The first-order valence-electron chi connectivity index (χ1n) is 15.9. The van der Waals surface area contributed by atoms with Gasteiger partial charge in [0.1, 0.15) is 6.54 Å². The van der Waals surface area contributed by atoms with Gasteiger partial charge in [0.25, 0.3) is 0 Å². The fourth-order valence-electron chi connectivity index (χ4n) is 5.92. The molecule has 1 aromatic heterocycles. The van der Waals surface area contributed by atoms with Crippen LogP contribution in [0.4, 0.5) is 0 Å². The molecule has 1 aliphatic carbocycles. The lowest BCUT2D eigenvalue weighted by molar-refractivity contribution is -0.143. The molecule has 0 saturated heterocycles. The second-order valence-corrected chi connectivity index (χ2v) is 13.6. The lowest BCUT2D eigenvalue weighted by Crippen LogP contribution is -2.48. The monoisotopic (exact) mass is 612 g/mol. The molecule has 1 aliphatic rings. The van der Waals surface area contributed by atoms with Crippen LogP contribution in [-0.2, 0) is 20.8 Å². The van der Waals surface area contributed by atoms with Crippen molar-refractivity contribution >= 4 is 29.1 Å². The van der Waals surface area contributed by atoms with Gasteiger partial charge in [-0.3, -0.25) is 14.4 Å². The molecule has 8 nitrogen and oxygen atoms in total. The van der Waals surface area contributed by atoms with Gasteiger partial charge in [-0.05, 0) is 43.6 Å². The Morgan fingerprint density at radius 1 is 1.02 bits per heavy atom. The highest BCUT2D eigenvalue weighted by Crippen LogP contribution is 2.29. The van der Waals surface area contributed by atoms with Gasteiger partial charge in [0.2, 0.25) is 17.7 Å². The molecule has 4 unspecified atom stereocenters. The third-order valence-corrected chi connectivity index (χ3v) is 9.38.